The molecule has 0 aliphatic heterocycles. The summed E-state index contributed by atoms with van der Waals surface area (Å²) in [5, 5.41) is 1.90. The molecule has 2 N–H and O–H groups in total. The van der Waals surface area contributed by atoms with Crippen molar-refractivity contribution in [3.63, 3.8) is 0 Å². The smallest absolute Gasteiger partial charge is 0.255 e. The second kappa shape index (κ2) is 3.05. The van der Waals surface area contributed by atoms with Crippen molar-refractivity contribution in [1.29, 1.82) is 0 Å². The van der Waals surface area contributed by atoms with Crippen LogP contribution in [0.5, 0.6) is 0 Å². The molecule has 2 radical (unpaired) electrons. The number of aromatic nitrogens is 1. The van der Waals surface area contributed by atoms with E-state index in [-0.39, 0.29) is 11.1 Å². The van der Waals surface area contributed by atoms with Gasteiger partial charge in [-0.3, -0.25) is 9.59 Å². The lowest BCUT2D eigenvalue weighted by Gasteiger charge is -1.96. The van der Waals surface area contributed by atoms with Crippen molar-refractivity contribution in [3.8, 4) is 0 Å². The molecule has 1 amide bonds. The van der Waals surface area contributed by atoms with Gasteiger partial charge in [0.2, 0.25) is 7.98 Å². The molecule has 11 heavy (non-hydrogen) atoms. The first kappa shape index (κ1) is 7.59. The molecule has 1 aromatic heterocycles. The summed E-state index contributed by atoms with van der Waals surface area (Å²) in [6.07, 6.45) is 1.38. The highest BCUT2D eigenvalue weighted by atomic mass is 16.1. The van der Waals surface area contributed by atoms with Gasteiger partial charge in [0.1, 0.15) is 5.69 Å². The summed E-state index contributed by atoms with van der Waals surface area (Å²) in [5.74, 6) is -0.511. The number of hydrogen-bond donors (Lipinski definition) is 2. The number of aromatic amines is 1. The zero-order chi connectivity index (χ0) is 8.27. The summed E-state index contributed by atoms with van der Waals surface area (Å²) in [6.45, 7) is 0. The molecule has 1 aromatic rings. The van der Waals surface area contributed by atoms with Gasteiger partial charge < -0.3 is 10.2 Å². The van der Waals surface area contributed by atoms with Crippen molar-refractivity contribution in [2.24, 2.45) is 0 Å². The Bertz CT molecular complexity index is 320. The van der Waals surface area contributed by atoms with Crippen molar-refractivity contribution in [2.75, 3.05) is 0 Å². The molecule has 54 valence electrons. The van der Waals surface area contributed by atoms with Crippen molar-refractivity contribution >= 4 is 13.9 Å². The molecule has 0 unspecified atom stereocenters. The van der Waals surface area contributed by atoms with Crippen LogP contribution >= 0.6 is 0 Å². The van der Waals surface area contributed by atoms with E-state index in [2.05, 4.69) is 4.98 Å². The Balaban J connectivity index is 3.05. The van der Waals surface area contributed by atoms with E-state index >= 15 is 0 Å². The minimum Gasteiger partial charge on any atom is -0.404 e. The summed E-state index contributed by atoms with van der Waals surface area (Å²) < 4.78 is 0. The van der Waals surface area contributed by atoms with Gasteiger partial charge in [-0.1, -0.05) is 0 Å². The van der Waals surface area contributed by atoms with Crippen molar-refractivity contribution in [1.82, 2.24) is 10.2 Å². The number of amides is 1. The van der Waals surface area contributed by atoms with Crippen LogP contribution in [0.15, 0.2) is 23.1 Å². The van der Waals surface area contributed by atoms with E-state index in [1.807, 2.05) is 5.23 Å². The Labute approximate surface area is 64.1 Å². The molecule has 0 saturated carbocycles. The average molecular weight is 148 g/mol. The highest BCUT2D eigenvalue weighted by Gasteiger charge is 2.00. The summed E-state index contributed by atoms with van der Waals surface area (Å²) in [7, 11) is 4.83. The van der Waals surface area contributed by atoms with Crippen LogP contribution in [0, 0.1) is 0 Å². The van der Waals surface area contributed by atoms with E-state index in [4.69, 9.17) is 7.98 Å². The Morgan fingerprint density at radius 1 is 1.64 bits per heavy atom. The van der Waals surface area contributed by atoms with Gasteiger partial charge in [-0.25, -0.2) is 0 Å². The molecule has 0 spiro atoms. The van der Waals surface area contributed by atoms with E-state index in [0.717, 1.165) is 0 Å². The maximum Gasteiger partial charge on any atom is 0.255 e. The van der Waals surface area contributed by atoms with Gasteiger partial charge in [-0.15, -0.1) is 0 Å². The number of hydrogen-bond acceptors (Lipinski definition) is 2. The molecule has 0 atom stereocenters. The Hall–Kier alpha value is -1.52. The molecule has 0 saturated heterocycles. The monoisotopic (exact) mass is 148 g/mol. The van der Waals surface area contributed by atoms with Crippen LogP contribution < -0.4 is 10.7 Å². The van der Waals surface area contributed by atoms with Gasteiger partial charge in [0, 0.05) is 18.3 Å². The molecular weight excluding hydrogens is 143 g/mol. The van der Waals surface area contributed by atoms with E-state index in [1.54, 1.807) is 0 Å². The number of nitrogens with one attached hydrogen (secondary N) is 2. The van der Waals surface area contributed by atoms with Gasteiger partial charge in [-0.2, -0.15) is 0 Å². The standard InChI is InChI=1S/C6H5BN2O2/c7-9-6(11)5-3-4(10)1-2-8-5/h1-3H,(H,8,10)(H,9,11). The van der Waals surface area contributed by atoms with Crippen LogP contribution in [0.4, 0.5) is 0 Å². The molecule has 0 bridgehead atoms. The SMILES string of the molecule is [B]NC(=O)c1cc(=O)cc[nH]1. The Morgan fingerprint density at radius 3 is 2.91 bits per heavy atom. The normalized spacial score (nSPS) is 9.09. The maximum absolute atomic E-state index is 10.8. The molecular formula is C6H5BN2O2. The topological polar surface area (TPSA) is 62.0 Å². The zero-order valence-corrected chi connectivity index (χ0v) is 5.63. The van der Waals surface area contributed by atoms with E-state index in [1.165, 1.54) is 18.3 Å². The first-order valence-corrected chi connectivity index (χ1v) is 2.93. The first-order valence-electron chi connectivity index (χ1n) is 2.93. The van der Waals surface area contributed by atoms with Crippen LogP contribution in [0.25, 0.3) is 0 Å². The summed E-state index contributed by atoms with van der Waals surface area (Å²) >= 11 is 0. The molecule has 0 aliphatic rings. The van der Waals surface area contributed by atoms with Crippen molar-refractivity contribution in [3.05, 3.63) is 34.2 Å². The molecule has 1 rings (SSSR count). The van der Waals surface area contributed by atoms with Crippen molar-refractivity contribution < 1.29 is 4.79 Å². The second-order valence-corrected chi connectivity index (χ2v) is 1.91. The molecule has 0 aromatic carbocycles. The van der Waals surface area contributed by atoms with Gasteiger partial charge in [0.15, 0.2) is 5.43 Å². The van der Waals surface area contributed by atoms with E-state index in [9.17, 15) is 9.59 Å². The lowest BCUT2D eigenvalue weighted by atomic mass is 10.3. The average Bonchev–Trinajstić information content (AvgIpc) is 2.03. The van der Waals surface area contributed by atoms with E-state index < -0.39 is 5.91 Å². The predicted octanol–water partition coefficient (Wildman–Crippen LogP) is -0.812. The van der Waals surface area contributed by atoms with Crippen LogP contribution in [-0.2, 0) is 0 Å². The van der Waals surface area contributed by atoms with Gasteiger partial charge >= 0.3 is 0 Å². The zero-order valence-electron chi connectivity index (χ0n) is 5.63. The third-order valence-electron chi connectivity index (χ3n) is 1.15. The third-order valence-corrected chi connectivity index (χ3v) is 1.15. The van der Waals surface area contributed by atoms with Crippen LogP contribution in [0.2, 0.25) is 0 Å². The molecule has 0 fully saturated rings. The molecule has 5 heteroatoms. The number of H-pyrrole nitrogens is 1. The van der Waals surface area contributed by atoms with Crippen LogP contribution in [0.1, 0.15) is 10.5 Å². The van der Waals surface area contributed by atoms with Crippen molar-refractivity contribution in [2.45, 2.75) is 0 Å². The summed E-state index contributed by atoms with van der Waals surface area (Å²) in [4.78, 5) is 24.0. The molecule has 0 aliphatic carbocycles. The summed E-state index contributed by atoms with van der Waals surface area (Å²) in [5.41, 5.74) is -0.0812. The Kier molecular flexibility index (Phi) is 2.10. The highest BCUT2D eigenvalue weighted by molar-refractivity contribution is 6.17. The fourth-order valence-electron chi connectivity index (χ4n) is 0.654. The first-order chi connectivity index (χ1) is 5.24. The minimum absolute atomic E-state index is 0.153. The number of carbonyl (C=O) groups is 1. The van der Waals surface area contributed by atoms with Gasteiger partial charge in [0.05, 0.1) is 0 Å². The van der Waals surface area contributed by atoms with E-state index in [0.29, 0.717) is 0 Å². The fourth-order valence-corrected chi connectivity index (χ4v) is 0.654. The predicted molar refractivity (Wildman–Crippen MR) is 40.3 cm³/mol. The molecule has 4 nitrogen and oxygen atoms in total. The third kappa shape index (κ3) is 1.70. The quantitative estimate of drug-likeness (QED) is 0.511. The number of pyridine rings is 1. The Morgan fingerprint density at radius 2 is 2.36 bits per heavy atom. The number of rotatable bonds is 1. The minimum atomic E-state index is -0.511. The van der Waals surface area contributed by atoms with Gasteiger partial charge in [-0.05, 0) is 0 Å². The maximum atomic E-state index is 10.8. The lowest BCUT2D eigenvalue weighted by molar-refractivity contribution is 0.0976. The lowest BCUT2D eigenvalue weighted by Crippen LogP contribution is -2.22. The van der Waals surface area contributed by atoms with Crippen LogP contribution in [-0.4, -0.2) is 18.9 Å². The summed E-state index contributed by atoms with van der Waals surface area (Å²) in [6, 6.07) is 2.48. The molecule has 1 heterocycles. The highest BCUT2D eigenvalue weighted by Crippen LogP contribution is 1.86. The fraction of sp³-hybridized carbons (Fsp3) is 0. The van der Waals surface area contributed by atoms with Gasteiger partial charge in [0.25, 0.3) is 5.91 Å². The second-order valence-electron chi connectivity index (χ2n) is 1.91. The largest absolute Gasteiger partial charge is 0.404 e. The number of carbonyl (C=O) groups excluding carboxylic acids is 1. The van der Waals surface area contributed by atoms with Crippen LogP contribution in [0.3, 0.4) is 0 Å².